The van der Waals surface area contributed by atoms with Gasteiger partial charge in [0.1, 0.15) is 6.54 Å². The number of carboxylic acid groups (broad SMARTS) is 1. The van der Waals surface area contributed by atoms with Gasteiger partial charge < -0.3 is 5.11 Å². The van der Waals surface area contributed by atoms with Crippen LogP contribution in [0, 0.1) is 5.92 Å². The quantitative estimate of drug-likeness (QED) is 0.145. The van der Waals surface area contributed by atoms with E-state index in [-0.39, 0.29) is 10.3 Å². The number of carboxylic acids is 1. The van der Waals surface area contributed by atoms with Crippen molar-refractivity contribution < 1.29 is 27.4 Å². The Morgan fingerprint density at radius 1 is 0.953 bits per heavy atom. The minimum absolute atomic E-state index is 0.133. The molecule has 2 aromatic rings. The number of carbonyl (C=O) groups is 1. The molecule has 2 aromatic carbocycles. The summed E-state index contributed by atoms with van der Waals surface area (Å²) in [7, 11) is -4.40. The number of allylic oxidation sites excluding steroid dienone is 6. The maximum Gasteiger partial charge on any atom is 0.307 e. The van der Waals surface area contributed by atoms with E-state index in [1.54, 1.807) is 6.07 Å². The number of para-hydroxylation sites is 1. The summed E-state index contributed by atoms with van der Waals surface area (Å²) in [5.74, 6) is -1.91. The maximum absolute atomic E-state index is 12.6. The molecule has 0 spiro atoms. The van der Waals surface area contributed by atoms with Crippen LogP contribution < -0.4 is 0 Å². The van der Waals surface area contributed by atoms with Crippen LogP contribution in [-0.4, -0.2) is 40.9 Å². The first-order valence-corrected chi connectivity index (χ1v) is 16.8. The van der Waals surface area contributed by atoms with Gasteiger partial charge in [-0.3, -0.25) is 9.35 Å². The van der Waals surface area contributed by atoms with Gasteiger partial charge in [0, 0.05) is 35.5 Å². The Bertz CT molecular complexity index is 1610. The Morgan fingerprint density at radius 2 is 1.65 bits per heavy atom. The van der Waals surface area contributed by atoms with Gasteiger partial charge in [0.05, 0.1) is 16.2 Å². The van der Waals surface area contributed by atoms with Crippen LogP contribution in [-0.2, 0) is 25.7 Å². The molecule has 2 N–H and O–H groups in total. The second-order valence-corrected chi connectivity index (χ2v) is 14.2. The number of hydrogen-bond acceptors (Lipinski definition) is 3. The highest BCUT2D eigenvalue weighted by molar-refractivity contribution is 7.85. The van der Waals surface area contributed by atoms with Crippen molar-refractivity contribution in [3.8, 4) is 0 Å². The normalized spacial score (nSPS) is 20.7. The molecule has 0 aromatic heterocycles. The van der Waals surface area contributed by atoms with E-state index in [0.717, 1.165) is 48.9 Å². The average Bonchev–Trinajstić information content (AvgIpc) is 3.30. The molecule has 2 aliphatic rings. The first-order chi connectivity index (χ1) is 20.3. The van der Waals surface area contributed by atoms with Crippen LogP contribution in [0.4, 0.5) is 5.69 Å². The number of hydrogen-bond donors (Lipinski definition) is 2. The molecule has 0 saturated heterocycles. The fourth-order valence-corrected chi connectivity index (χ4v) is 7.40. The molecule has 4 rings (SSSR count). The third-order valence-corrected chi connectivity index (χ3v) is 10.1. The van der Waals surface area contributed by atoms with Crippen LogP contribution in [0.5, 0.6) is 0 Å². The van der Waals surface area contributed by atoms with Crippen molar-refractivity contribution >= 4 is 27.5 Å². The molecule has 2 unspecified atom stereocenters. The van der Waals surface area contributed by atoms with Crippen molar-refractivity contribution in [1.29, 1.82) is 0 Å². The molecule has 0 amide bonds. The topological polar surface area (TPSA) is 94.7 Å². The van der Waals surface area contributed by atoms with Gasteiger partial charge in [0.15, 0.2) is 5.71 Å². The van der Waals surface area contributed by atoms with Gasteiger partial charge in [-0.1, -0.05) is 101 Å². The van der Waals surface area contributed by atoms with E-state index in [0.29, 0.717) is 6.42 Å². The third kappa shape index (κ3) is 6.34. The predicted octanol–water partition coefficient (Wildman–Crippen LogP) is 8.11. The zero-order chi connectivity index (χ0) is 31.6. The molecule has 0 radical (unpaired) electrons. The Hall–Kier alpha value is -3.29. The number of unbranched alkanes of at least 4 members (excludes halogenated alkanes) is 2. The Kier molecular flexibility index (Phi) is 9.67. The smallest absolute Gasteiger partial charge is 0.307 e. The lowest BCUT2D eigenvalue weighted by Crippen LogP contribution is -2.27. The van der Waals surface area contributed by atoms with Crippen molar-refractivity contribution in [2.24, 2.45) is 5.92 Å². The summed E-state index contributed by atoms with van der Waals surface area (Å²) in [6, 6.07) is 13.1. The molecule has 7 heteroatoms. The summed E-state index contributed by atoms with van der Waals surface area (Å²) in [4.78, 5) is 12.4. The average molecular weight is 605 g/mol. The van der Waals surface area contributed by atoms with Crippen LogP contribution >= 0.6 is 0 Å². The monoisotopic (exact) mass is 604 g/mol. The Labute approximate surface area is 257 Å². The molecule has 43 heavy (non-hydrogen) atoms. The maximum atomic E-state index is 12.6. The molecule has 1 aliphatic heterocycles. The number of benzene rings is 2. The number of aliphatic carboxylic acids is 1. The first kappa shape index (κ1) is 32.6. The van der Waals surface area contributed by atoms with E-state index < -0.39 is 33.3 Å². The van der Waals surface area contributed by atoms with Crippen molar-refractivity contribution in [1.82, 2.24) is 0 Å². The highest BCUT2D eigenvalue weighted by Crippen LogP contribution is 2.54. The molecule has 0 saturated carbocycles. The van der Waals surface area contributed by atoms with E-state index in [1.807, 2.05) is 45.1 Å². The van der Waals surface area contributed by atoms with Gasteiger partial charge in [-0.15, -0.1) is 0 Å². The number of fused-ring (bicyclic) bond motifs is 2. The van der Waals surface area contributed by atoms with E-state index in [1.165, 1.54) is 29.1 Å². The fourth-order valence-electron chi connectivity index (χ4n) is 6.89. The molecule has 6 nitrogen and oxygen atoms in total. The molecule has 0 bridgehead atoms. The van der Waals surface area contributed by atoms with Crippen LogP contribution in [0.15, 0.2) is 83.3 Å². The van der Waals surface area contributed by atoms with Crippen molar-refractivity contribution in [2.75, 3.05) is 6.54 Å². The summed E-state index contributed by atoms with van der Waals surface area (Å²) in [6.45, 7) is 13.7. The zero-order valence-corrected chi connectivity index (χ0v) is 27.1. The third-order valence-electron chi connectivity index (χ3n) is 9.26. The fraction of sp³-hybridized carbons (Fsp3) is 0.444. The van der Waals surface area contributed by atoms with Gasteiger partial charge in [0.25, 0.3) is 10.1 Å². The largest absolute Gasteiger partial charge is 0.481 e. The summed E-state index contributed by atoms with van der Waals surface area (Å²) in [5, 5.41) is 10.3. The van der Waals surface area contributed by atoms with Crippen LogP contribution in [0.25, 0.3) is 0 Å². The molecular formula is C36H46NO5S+. The van der Waals surface area contributed by atoms with Gasteiger partial charge in [-0.2, -0.15) is 13.0 Å². The van der Waals surface area contributed by atoms with Crippen molar-refractivity contribution in [2.45, 2.75) is 95.3 Å². The van der Waals surface area contributed by atoms with E-state index in [4.69, 9.17) is 0 Å². The summed E-state index contributed by atoms with van der Waals surface area (Å²) in [5.41, 5.74) is 5.53. The number of rotatable bonds is 12. The van der Waals surface area contributed by atoms with E-state index in [9.17, 15) is 22.9 Å². The highest BCUT2D eigenvalue weighted by atomic mass is 32.2. The SMILES string of the molecule is CCCCC(C(=O)O)C1/C(=C/C=C/C=C/C2=[N+](CCCC)c3ccccc3C2(C)C)C(C)(C)c2cc(S(=O)(=O)O)ccc21. The van der Waals surface area contributed by atoms with Crippen molar-refractivity contribution in [3.05, 3.63) is 95.1 Å². The molecule has 230 valence electrons. The number of nitrogens with zero attached hydrogens (tertiary/aromatic N) is 1. The van der Waals surface area contributed by atoms with Crippen LogP contribution in [0.1, 0.15) is 96.3 Å². The van der Waals surface area contributed by atoms with Gasteiger partial charge in [-0.05, 0) is 43.5 Å². The first-order valence-electron chi connectivity index (χ1n) is 15.4. The van der Waals surface area contributed by atoms with Gasteiger partial charge in [-0.25, -0.2) is 0 Å². The predicted molar refractivity (Wildman–Crippen MR) is 173 cm³/mol. The molecule has 2 atom stereocenters. The standard InChI is InChI=1S/C36H45NO5S/c1-7-9-16-27(34(38)39)33-26-22-21-25(43(40,41)42)24-30(26)35(3,4)29(33)18-12-11-13-20-32-36(5,6)28-17-14-15-19-31(28)37(32)23-10-8-2/h11-15,17-22,24,27,33H,7-10,16,23H2,1-6H3,(H-,38,39,40,41,42)/p+1/b12-11+,20-13+,29-18-. The lowest BCUT2D eigenvalue weighted by Gasteiger charge is -2.27. The van der Waals surface area contributed by atoms with E-state index >= 15 is 0 Å². The highest BCUT2D eigenvalue weighted by Gasteiger charge is 2.47. The molecule has 0 fully saturated rings. The summed E-state index contributed by atoms with van der Waals surface area (Å²) >= 11 is 0. The molecule has 1 aliphatic carbocycles. The second-order valence-electron chi connectivity index (χ2n) is 12.8. The Morgan fingerprint density at radius 3 is 2.30 bits per heavy atom. The lowest BCUT2D eigenvalue weighted by molar-refractivity contribution is -0.438. The zero-order valence-electron chi connectivity index (χ0n) is 26.3. The minimum atomic E-state index is -4.40. The van der Waals surface area contributed by atoms with E-state index in [2.05, 4.69) is 55.7 Å². The van der Waals surface area contributed by atoms with Gasteiger partial charge >= 0.3 is 5.97 Å². The summed E-state index contributed by atoms with van der Waals surface area (Å²) in [6.07, 6.45) is 14.6. The van der Waals surface area contributed by atoms with Gasteiger partial charge in [0.2, 0.25) is 5.69 Å². The minimum Gasteiger partial charge on any atom is -0.481 e. The molecular weight excluding hydrogens is 558 g/mol. The van der Waals surface area contributed by atoms with Crippen molar-refractivity contribution in [3.63, 3.8) is 0 Å². The molecule has 1 heterocycles. The van der Waals surface area contributed by atoms with Crippen LogP contribution in [0.3, 0.4) is 0 Å². The Balaban J connectivity index is 1.74. The summed E-state index contributed by atoms with van der Waals surface area (Å²) < 4.78 is 36.1. The van der Waals surface area contributed by atoms with Crippen LogP contribution in [0.2, 0.25) is 0 Å². The second kappa shape index (κ2) is 12.7. The lowest BCUT2D eigenvalue weighted by atomic mass is 9.76.